The third kappa shape index (κ3) is 4.67. The van der Waals surface area contributed by atoms with Gasteiger partial charge in [0.05, 0.1) is 5.75 Å². The van der Waals surface area contributed by atoms with E-state index in [4.69, 9.17) is 0 Å². The average molecular weight is 453 g/mol. The van der Waals surface area contributed by atoms with Crippen LogP contribution in [0, 0.1) is 0 Å². The minimum atomic E-state index is -0.226. The summed E-state index contributed by atoms with van der Waals surface area (Å²) in [6, 6.07) is 11.6. The Hall–Kier alpha value is -3.04. The highest BCUT2D eigenvalue weighted by Crippen LogP contribution is 2.29. The Morgan fingerprint density at radius 1 is 1.00 bits per heavy atom. The van der Waals surface area contributed by atoms with Crippen molar-refractivity contribution in [2.75, 3.05) is 22.9 Å². The van der Waals surface area contributed by atoms with Crippen LogP contribution in [0.3, 0.4) is 0 Å². The van der Waals surface area contributed by atoms with Crippen LogP contribution < -0.4 is 10.6 Å². The van der Waals surface area contributed by atoms with Crippen LogP contribution in [-0.4, -0.2) is 40.0 Å². The molecule has 1 aliphatic carbocycles. The second-order valence-electron chi connectivity index (χ2n) is 6.95. The molecule has 4 rings (SSSR count). The van der Waals surface area contributed by atoms with E-state index in [-0.39, 0.29) is 23.2 Å². The number of fused-ring (bicyclic) bond motifs is 2. The molecule has 1 aromatic heterocycles. The summed E-state index contributed by atoms with van der Waals surface area (Å²) in [4.78, 5) is 37.9. The van der Waals surface area contributed by atoms with Crippen molar-refractivity contribution in [3.05, 3.63) is 64.7 Å². The fraction of sp³-hybridized carbons (Fsp3) is 0.227. The molecule has 2 aromatic carbocycles. The standard InChI is InChI=1S/C22H20N4O3S2/c1-2-3-10-23-21-25-26-22(31-21)30-12-18(27)24-13-8-9-16-17(11-13)20(29)15-7-5-4-6-14(15)19(16)28/h4-9,11H,2-3,10,12H2,1H3,(H,23,25)(H,24,27). The molecule has 0 radical (unpaired) electrons. The summed E-state index contributed by atoms with van der Waals surface area (Å²) in [5, 5.41) is 14.9. The van der Waals surface area contributed by atoms with Crippen LogP contribution in [0.1, 0.15) is 51.6 Å². The molecule has 1 amide bonds. The Kier molecular flexibility index (Phi) is 6.43. The number of hydrogen-bond donors (Lipinski definition) is 2. The van der Waals surface area contributed by atoms with Gasteiger partial charge < -0.3 is 10.6 Å². The molecule has 0 saturated heterocycles. The first-order valence-electron chi connectivity index (χ1n) is 9.89. The molecule has 158 valence electrons. The molecule has 1 aliphatic rings. The zero-order chi connectivity index (χ0) is 21.8. The minimum absolute atomic E-state index is 0.163. The fourth-order valence-corrected chi connectivity index (χ4v) is 4.79. The number of benzene rings is 2. The molecule has 0 fully saturated rings. The van der Waals surface area contributed by atoms with Crippen LogP contribution in [0.25, 0.3) is 0 Å². The van der Waals surface area contributed by atoms with Crippen LogP contribution in [0.2, 0.25) is 0 Å². The van der Waals surface area contributed by atoms with Crippen molar-refractivity contribution in [1.29, 1.82) is 0 Å². The molecule has 2 N–H and O–H groups in total. The van der Waals surface area contributed by atoms with Gasteiger partial charge in [-0.15, -0.1) is 10.2 Å². The van der Waals surface area contributed by atoms with E-state index in [0.717, 1.165) is 24.5 Å². The third-order valence-electron chi connectivity index (χ3n) is 4.75. The topological polar surface area (TPSA) is 101 Å². The minimum Gasteiger partial charge on any atom is -0.360 e. The normalized spacial score (nSPS) is 12.3. The number of rotatable bonds is 8. The zero-order valence-electron chi connectivity index (χ0n) is 16.8. The van der Waals surface area contributed by atoms with Gasteiger partial charge in [0.25, 0.3) is 0 Å². The number of unbranched alkanes of at least 4 members (excludes halogenated alkanes) is 1. The van der Waals surface area contributed by atoms with E-state index >= 15 is 0 Å². The van der Waals surface area contributed by atoms with Gasteiger partial charge in [-0.2, -0.15) is 0 Å². The first-order valence-corrected chi connectivity index (χ1v) is 11.7. The average Bonchev–Trinajstić information content (AvgIpc) is 3.24. The summed E-state index contributed by atoms with van der Waals surface area (Å²) < 4.78 is 0.706. The molecular formula is C22H20N4O3S2. The molecule has 0 unspecified atom stereocenters. The first kappa shape index (κ1) is 21.2. The highest BCUT2D eigenvalue weighted by Gasteiger charge is 2.29. The largest absolute Gasteiger partial charge is 0.360 e. The van der Waals surface area contributed by atoms with Crippen LogP contribution in [0.5, 0.6) is 0 Å². The predicted octanol–water partition coefficient (Wildman–Crippen LogP) is 4.26. The first-order chi connectivity index (χ1) is 15.1. The van der Waals surface area contributed by atoms with Gasteiger partial charge in [0.2, 0.25) is 11.0 Å². The van der Waals surface area contributed by atoms with E-state index < -0.39 is 0 Å². The molecule has 0 saturated carbocycles. The summed E-state index contributed by atoms with van der Waals surface area (Å²) in [6.07, 6.45) is 2.16. The Bertz CT molecular complexity index is 1160. The number of carbonyl (C=O) groups excluding carboxylic acids is 3. The number of nitrogens with zero attached hydrogens (tertiary/aromatic N) is 2. The lowest BCUT2D eigenvalue weighted by atomic mass is 9.84. The highest BCUT2D eigenvalue weighted by atomic mass is 32.2. The maximum Gasteiger partial charge on any atom is 0.234 e. The van der Waals surface area contributed by atoms with Gasteiger partial charge in [-0.25, -0.2) is 0 Å². The van der Waals surface area contributed by atoms with Crippen molar-refractivity contribution in [2.24, 2.45) is 0 Å². The zero-order valence-corrected chi connectivity index (χ0v) is 18.4. The summed E-state index contributed by atoms with van der Waals surface area (Å²) >= 11 is 2.71. The second-order valence-corrected chi connectivity index (χ2v) is 9.15. The van der Waals surface area contributed by atoms with Crippen molar-refractivity contribution < 1.29 is 14.4 Å². The molecular weight excluding hydrogens is 432 g/mol. The monoisotopic (exact) mass is 452 g/mol. The van der Waals surface area contributed by atoms with E-state index in [1.165, 1.54) is 23.1 Å². The van der Waals surface area contributed by atoms with E-state index in [2.05, 4.69) is 27.8 Å². The van der Waals surface area contributed by atoms with Crippen LogP contribution in [-0.2, 0) is 4.79 Å². The van der Waals surface area contributed by atoms with Gasteiger partial charge in [0.15, 0.2) is 15.9 Å². The van der Waals surface area contributed by atoms with Gasteiger partial charge in [-0.3, -0.25) is 14.4 Å². The van der Waals surface area contributed by atoms with Gasteiger partial charge in [0, 0.05) is 34.5 Å². The lowest BCUT2D eigenvalue weighted by Crippen LogP contribution is -2.21. The van der Waals surface area contributed by atoms with E-state index in [1.807, 2.05) is 0 Å². The van der Waals surface area contributed by atoms with Crippen LogP contribution >= 0.6 is 23.1 Å². The maximum atomic E-state index is 12.8. The number of carbonyl (C=O) groups is 3. The van der Waals surface area contributed by atoms with Crippen molar-refractivity contribution in [3.63, 3.8) is 0 Å². The highest BCUT2D eigenvalue weighted by molar-refractivity contribution is 8.01. The maximum absolute atomic E-state index is 12.8. The number of thioether (sulfide) groups is 1. The van der Waals surface area contributed by atoms with Crippen molar-refractivity contribution in [1.82, 2.24) is 10.2 Å². The number of nitrogens with one attached hydrogen (secondary N) is 2. The third-order valence-corrected chi connectivity index (χ3v) is 6.76. The SMILES string of the molecule is CCCCNc1nnc(SCC(=O)Nc2ccc3c(c2)C(=O)c2ccccc2C3=O)s1. The molecule has 3 aromatic rings. The predicted molar refractivity (Wildman–Crippen MR) is 122 cm³/mol. The number of amides is 1. The summed E-state index contributed by atoms with van der Waals surface area (Å²) in [5.41, 5.74) is 1.94. The number of anilines is 2. The Morgan fingerprint density at radius 3 is 2.45 bits per heavy atom. The summed E-state index contributed by atoms with van der Waals surface area (Å²) in [7, 11) is 0. The lowest BCUT2D eigenvalue weighted by Gasteiger charge is -2.18. The Morgan fingerprint density at radius 2 is 1.71 bits per heavy atom. The molecule has 7 nitrogen and oxygen atoms in total. The van der Waals surface area contributed by atoms with Crippen molar-refractivity contribution >= 4 is 51.4 Å². The molecule has 1 heterocycles. The van der Waals surface area contributed by atoms with Crippen molar-refractivity contribution in [3.8, 4) is 0 Å². The van der Waals surface area contributed by atoms with Crippen LogP contribution in [0.15, 0.2) is 46.8 Å². The Balaban J connectivity index is 1.39. The van der Waals surface area contributed by atoms with Gasteiger partial charge in [-0.05, 0) is 24.6 Å². The Labute approximate surface area is 187 Å². The van der Waals surface area contributed by atoms with Gasteiger partial charge >= 0.3 is 0 Å². The summed E-state index contributed by atoms with van der Waals surface area (Å²) in [6.45, 7) is 2.97. The number of ketones is 2. The van der Waals surface area contributed by atoms with Crippen LogP contribution in [0.4, 0.5) is 10.8 Å². The fourth-order valence-electron chi connectivity index (χ4n) is 3.21. The molecule has 0 aliphatic heterocycles. The number of hydrogen-bond acceptors (Lipinski definition) is 8. The molecule has 31 heavy (non-hydrogen) atoms. The number of aromatic nitrogens is 2. The summed E-state index contributed by atoms with van der Waals surface area (Å²) in [5.74, 6) is -0.461. The van der Waals surface area contributed by atoms with Gasteiger partial charge in [-0.1, -0.05) is 60.7 Å². The quantitative estimate of drug-likeness (QED) is 0.304. The van der Waals surface area contributed by atoms with E-state index in [9.17, 15) is 14.4 Å². The molecule has 9 heteroatoms. The smallest absolute Gasteiger partial charge is 0.234 e. The van der Waals surface area contributed by atoms with Gasteiger partial charge in [0.1, 0.15) is 0 Å². The van der Waals surface area contributed by atoms with Crippen molar-refractivity contribution in [2.45, 2.75) is 24.1 Å². The molecule has 0 atom stereocenters. The lowest BCUT2D eigenvalue weighted by molar-refractivity contribution is -0.113. The second kappa shape index (κ2) is 9.40. The molecule has 0 bridgehead atoms. The van der Waals surface area contributed by atoms with E-state index in [1.54, 1.807) is 42.5 Å². The van der Waals surface area contributed by atoms with E-state index in [0.29, 0.717) is 32.3 Å². The molecule has 0 spiro atoms.